The number of aromatic hydroxyl groups is 1. The fourth-order valence-electron chi connectivity index (χ4n) is 2.39. The van der Waals surface area contributed by atoms with Crippen molar-refractivity contribution in [2.45, 2.75) is 32.0 Å². The SMILES string of the molecule is C[C@@H](NC(=O)OCc1ccccc1)C(=O)N[C@@H](Cc1ccc(O)cc1)C(N)=O. The number of primary amides is 1. The minimum absolute atomic E-state index is 0.0752. The minimum atomic E-state index is -0.957. The Labute approximate surface area is 162 Å². The molecule has 0 bridgehead atoms. The van der Waals surface area contributed by atoms with Crippen molar-refractivity contribution < 1.29 is 24.2 Å². The maximum absolute atomic E-state index is 12.3. The maximum atomic E-state index is 12.3. The van der Waals surface area contributed by atoms with Crippen LogP contribution in [0, 0.1) is 0 Å². The predicted octanol–water partition coefficient (Wildman–Crippen LogP) is 1.22. The molecule has 0 aliphatic carbocycles. The van der Waals surface area contributed by atoms with Crippen LogP contribution in [0.2, 0.25) is 0 Å². The molecule has 2 atom stereocenters. The second-order valence-corrected chi connectivity index (χ2v) is 6.26. The van der Waals surface area contributed by atoms with Crippen molar-refractivity contribution >= 4 is 17.9 Å². The number of alkyl carbamates (subject to hydrolysis) is 1. The summed E-state index contributed by atoms with van der Waals surface area (Å²) in [5, 5.41) is 14.2. The number of hydrogen-bond acceptors (Lipinski definition) is 5. The van der Waals surface area contributed by atoms with Gasteiger partial charge in [0.1, 0.15) is 24.4 Å². The van der Waals surface area contributed by atoms with Crippen molar-refractivity contribution in [3.63, 3.8) is 0 Å². The van der Waals surface area contributed by atoms with E-state index >= 15 is 0 Å². The Kier molecular flexibility index (Phi) is 7.38. The first-order chi connectivity index (χ1) is 13.3. The Bertz CT molecular complexity index is 808. The quantitative estimate of drug-likeness (QED) is 0.543. The first-order valence-electron chi connectivity index (χ1n) is 8.70. The van der Waals surface area contributed by atoms with Crippen molar-refractivity contribution in [1.29, 1.82) is 0 Å². The van der Waals surface area contributed by atoms with Gasteiger partial charge in [-0.3, -0.25) is 9.59 Å². The van der Waals surface area contributed by atoms with Gasteiger partial charge in [0, 0.05) is 6.42 Å². The third kappa shape index (κ3) is 6.64. The molecule has 0 unspecified atom stereocenters. The lowest BCUT2D eigenvalue weighted by Crippen LogP contribution is -2.52. The van der Waals surface area contributed by atoms with Crippen LogP contribution in [-0.2, 0) is 27.4 Å². The number of nitrogens with two attached hydrogens (primary N) is 1. The molecule has 0 aliphatic rings. The first-order valence-corrected chi connectivity index (χ1v) is 8.70. The van der Waals surface area contributed by atoms with Gasteiger partial charge >= 0.3 is 6.09 Å². The van der Waals surface area contributed by atoms with Gasteiger partial charge in [-0.05, 0) is 30.2 Å². The number of rotatable bonds is 8. The average Bonchev–Trinajstić information content (AvgIpc) is 2.68. The summed E-state index contributed by atoms with van der Waals surface area (Å²) in [6.07, 6.45) is -0.590. The highest BCUT2D eigenvalue weighted by Crippen LogP contribution is 2.11. The highest BCUT2D eigenvalue weighted by Gasteiger charge is 2.23. The zero-order valence-electron chi connectivity index (χ0n) is 15.4. The molecular formula is C20H23N3O5. The molecule has 0 fully saturated rings. The Morgan fingerprint density at radius 1 is 1.00 bits per heavy atom. The van der Waals surface area contributed by atoms with E-state index in [2.05, 4.69) is 10.6 Å². The van der Waals surface area contributed by atoms with Crippen LogP contribution in [0.4, 0.5) is 4.79 Å². The largest absolute Gasteiger partial charge is 0.508 e. The fourth-order valence-corrected chi connectivity index (χ4v) is 2.39. The Hall–Kier alpha value is -3.55. The average molecular weight is 385 g/mol. The molecule has 8 nitrogen and oxygen atoms in total. The molecule has 0 saturated carbocycles. The molecular weight excluding hydrogens is 362 g/mol. The van der Waals surface area contributed by atoms with Crippen LogP contribution < -0.4 is 16.4 Å². The van der Waals surface area contributed by atoms with Crippen molar-refractivity contribution in [2.75, 3.05) is 0 Å². The normalized spacial score (nSPS) is 12.5. The van der Waals surface area contributed by atoms with E-state index in [0.29, 0.717) is 5.56 Å². The summed E-state index contributed by atoms with van der Waals surface area (Å²) in [5.41, 5.74) is 6.89. The van der Waals surface area contributed by atoms with Crippen molar-refractivity contribution in [3.8, 4) is 5.75 Å². The molecule has 2 rings (SSSR count). The van der Waals surface area contributed by atoms with Gasteiger partial charge in [0.15, 0.2) is 0 Å². The number of carbonyl (C=O) groups excluding carboxylic acids is 3. The molecule has 5 N–H and O–H groups in total. The smallest absolute Gasteiger partial charge is 0.408 e. The Balaban J connectivity index is 1.85. The lowest BCUT2D eigenvalue weighted by atomic mass is 10.0. The van der Waals surface area contributed by atoms with Crippen molar-refractivity contribution in [1.82, 2.24) is 10.6 Å². The number of hydrogen-bond donors (Lipinski definition) is 4. The van der Waals surface area contributed by atoms with Crippen LogP contribution in [0.1, 0.15) is 18.1 Å². The number of amides is 3. The molecule has 0 heterocycles. The molecule has 28 heavy (non-hydrogen) atoms. The molecule has 0 spiro atoms. The van der Waals surface area contributed by atoms with E-state index in [1.165, 1.54) is 19.1 Å². The summed E-state index contributed by atoms with van der Waals surface area (Å²) < 4.78 is 5.06. The molecule has 148 valence electrons. The van der Waals surface area contributed by atoms with Gasteiger partial charge in [0.25, 0.3) is 0 Å². The minimum Gasteiger partial charge on any atom is -0.508 e. The van der Waals surface area contributed by atoms with Crippen LogP contribution in [0.25, 0.3) is 0 Å². The monoisotopic (exact) mass is 385 g/mol. The van der Waals surface area contributed by atoms with Gasteiger partial charge in [0.2, 0.25) is 11.8 Å². The lowest BCUT2D eigenvalue weighted by Gasteiger charge is -2.19. The molecule has 8 heteroatoms. The van der Waals surface area contributed by atoms with Crippen LogP contribution in [0.15, 0.2) is 54.6 Å². The second kappa shape index (κ2) is 9.96. The van der Waals surface area contributed by atoms with Gasteiger partial charge < -0.3 is 26.2 Å². The number of nitrogens with one attached hydrogen (secondary N) is 2. The Morgan fingerprint density at radius 2 is 1.64 bits per heavy atom. The molecule has 3 amide bonds. The molecule has 0 saturated heterocycles. The van der Waals surface area contributed by atoms with Crippen molar-refractivity contribution in [3.05, 3.63) is 65.7 Å². The molecule has 2 aromatic rings. The van der Waals surface area contributed by atoms with E-state index < -0.39 is 30.0 Å². The summed E-state index contributed by atoms with van der Waals surface area (Å²) in [5.74, 6) is -1.19. The predicted molar refractivity (Wildman–Crippen MR) is 102 cm³/mol. The van der Waals surface area contributed by atoms with E-state index in [1.54, 1.807) is 12.1 Å². The Morgan fingerprint density at radius 3 is 2.25 bits per heavy atom. The van der Waals surface area contributed by atoms with Gasteiger partial charge in [-0.1, -0.05) is 42.5 Å². The van der Waals surface area contributed by atoms with Gasteiger partial charge in [-0.2, -0.15) is 0 Å². The first kappa shape index (κ1) is 20.8. The maximum Gasteiger partial charge on any atom is 0.408 e. The van der Waals surface area contributed by atoms with Crippen molar-refractivity contribution in [2.24, 2.45) is 5.73 Å². The number of benzene rings is 2. The number of ether oxygens (including phenoxy) is 1. The molecule has 0 aromatic heterocycles. The summed E-state index contributed by atoms with van der Waals surface area (Å²) in [6, 6.07) is 13.4. The summed E-state index contributed by atoms with van der Waals surface area (Å²) in [7, 11) is 0. The van der Waals surface area contributed by atoms with E-state index in [1.807, 2.05) is 30.3 Å². The molecule has 2 aromatic carbocycles. The lowest BCUT2D eigenvalue weighted by molar-refractivity contribution is -0.128. The van der Waals surface area contributed by atoms with Gasteiger partial charge in [-0.15, -0.1) is 0 Å². The summed E-state index contributed by atoms with van der Waals surface area (Å²) >= 11 is 0. The third-order valence-corrected chi connectivity index (χ3v) is 3.98. The van der Waals surface area contributed by atoms with Gasteiger partial charge in [0.05, 0.1) is 0 Å². The van der Waals surface area contributed by atoms with Crippen LogP contribution >= 0.6 is 0 Å². The van der Waals surface area contributed by atoms with Gasteiger partial charge in [-0.25, -0.2) is 4.79 Å². The van der Waals surface area contributed by atoms with E-state index in [4.69, 9.17) is 10.5 Å². The van der Waals surface area contributed by atoms with E-state index in [9.17, 15) is 19.5 Å². The topological polar surface area (TPSA) is 131 Å². The highest BCUT2D eigenvalue weighted by atomic mass is 16.5. The standard InChI is InChI=1S/C20H23N3O5/c1-13(22-20(27)28-12-15-5-3-2-4-6-15)19(26)23-17(18(21)25)11-14-7-9-16(24)10-8-14/h2-10,13,17,24H,11-12H2,1H3,(H2,21,25)(H,22,27)(H,23,26)/t13-,17+/m1/s1. The second-order valence-electron chi connectivity index (χ2n) is 6.26. The number of phenols is 1. The fraction of sp³-hybridized carbons (Fsp3) is 0.250. The summed E-state index contributed by atoms with van der Waals surface area (Å²) in [6.45, 7) is 1.55. The third-order valence-electron chi connectivity index (χ3n) is 3.98. The number of phenolic OH excluding ortho intramolecular Hbond substituents is 1. The van der Waals surface area contributed by atoms with E-state index in [-0.39, 0.29) is 18.8 Å². The van der Waals surface area contributed by atoms with Crippen LogP contribution in [-0.4, -0.2) is 35.1 Å². The zero-order chi connectivity index (χ0) is 20.5. The summed E-state index contributed by atoms with van der Waals surface area (Å²) in [4.78, 5) is 35.8. The van der Waals surface area contributed by atoms with Crippen LogP contribution in [0.5, 0.6) is 5.75 Å². The van der Waals surface area contributed by atoms with Crippen LogP contribution in [0.3, 0.4) is 0 Å². The molecule has 0 radical (unpaired) electrons. The zero-order valence-corrected chi connectivity index (χ0v) is 15.4. The van der Waals surface area contributed by atoms with E-state index in [0.717, 1.165) is 5.56 Å². The highest BCUT2D eigenvalue weighted by molar-refractivity contribution is 5.90. The number of carbonyl (C=O) groups is 3. The molecule has 0 aliphatic heterocycles.